The average Bonchev–Trinajstić information content (AvgIpc) is 2.67. The Morgan fingerprint density at radius 1 is 1.07 bits per heavy atom. The molecule has 1 amide bonds. The SMILES string of the molecule is COc1ccc(CCN(C)CCC(=O)Nc2ccc(Br)c(C)c2)cc1OC.Cl. The molecule has 0 aliphatic rings. The zero-order valence-electron chi connectivity index (χ0n) is 16.8. The summed E-state index contributed by atoms with van der Waals surface area (Å²) in [6.07, 6.45) is 1.34. The van der Waals surface area contributed by atoms with Crippen molar-refractivity contribution in [3.05, 3.63) is 52.0 Å². The molecule has 2 aromatic carbocycles. The lowest BCUT2D eigenvalue weighted by molar-refractivity contribution is -0.116. The van der Waals surface area contributed by atoms with Gasteiger partial charge in [-0.3, -0.25) is 4.79 Å². The molecule has 2 aromatic rings. The number of carbonyl (C=O) groups excluding carboxylic acids is 1. The molecule has 0 saturated heterocycles. The van der Waals surface area contributed by atoms with Gasteiger partial charge in [0.2, 0.25) is 5.91 Å². The number of hydrogen-bond donors (Lipinski definition) is 1. The van der Waals surface area contributed by atoms with Gasteiger partial charge in [-0.05, 0) is 61.9 Å². The van der Waals surface area contributed by atoms with Crippen LogP contribution in [0.25, 0.3) is 0 Å². The first-order valence-electron chi connectivity index (χ1n) is 8.88. The number of benzene rings is 2. The minimum absolute atomic E-state index is 0. The van der Waals surface area contributed by atoms with E-state index >= 15 is 0 Å². The summed E-state index contributed by atoms with van der Waals surface area (Å²) in [4.78, 5) is 14.3. The molecule has 0 bridgehead atoms. The van der Waals surface area contributed by atoms with Gasteiger partial charge in [0, 0.05) is 29.7 Å². The maximum Gasteiger partial charge on any atom is 0.225 e. The fourth-order valence-electron chi connectivity index (χ4n) is 2.71. The fourth-order valence-corrected chi connectivity index (χ4v) is 2.95. The van der Waals surface area contributed by atoms with Gasteiger partial charge in [0.25, 0.3) is 0 Å². The van der Waals surface area contributed by atoms with Crippen molar-refractivity contribution in [2.75, 3.05) is 39.7 Å². The molecule has 0 spiro atoms. The topological polar surface area (TPSA) is 50.8 Å². The third-order valence-corrected chi connectivity index (χ3v) is 5.28. The number of nitrogens with zero attached hydrogens (tertiary/aromatic N) is 1. The summed E-state index contributed by atoms with van der Waals surface area (Å²) in [6.45, 7) is 3.57. The first kappa shape index (κ1) is 24.3. The monoisotopic (exact) mass is 470 g/mol. The van der Waals surface area contributed by atoms with Gasteiger partial charge in [0.15, 0.2) is 11.5 Å². The first-order chi connectivity index (χ1) is 12.9. The number of nitrogens with one attached hydrogen (secondary N) is 1. The Hall–Kier alpha value is -1.76. The minimum atomic E-state index is 0. The number of ether oxygens (including phenoxy) is 2. The van der Waals surface area contributed by atoms with Crippen LogP contribution in [0, 0.1) is 6.92 Å². The summed E-state index contributed by atoms with van der Waals surface area (Å²) < 4.78 is 11.6. The highest BCUT2D eigenvalue weighted by Gasteiger charge is 2.08. The van der Waals surface area contributed by atoms with Crippen molar-refractivity contribution in [3.63, 3.8) is 0 Å². The first-order valence-corrected chi connectivity index (χ1v) is 9.67. The zero-order chi connectivity index (χ0) is 19.8. The second kappa shape index (κ2) is 11.9. The van der Waals surface area contributed by atoms with Gasteiger partial charge in [-0.1, -0.05) is 22.0 Å². The van der Waals surface area contributed by atoms with Crippen LogP contribution < -0.4 is 14.8 Å². The predicted octanol–water partition coefficient (Wildman–Crippen LogP) is 4.70. The van der Waals surface area contributed by atoms with Crippen molar-refractivity contribution in [1.29, 1.82) is 0 Å². The van der Waals surface area contributed by atoms with Crippen LogP contribution in [0.5, 0.6) is 11.5 Å². The smallest absolute Gasteiger partial charge is 0.225 e. The number of anilines is 1. The Morgan fingerprint density at radius 2 is 1.79 bits per heavy atom. The van der Waals surface area contributed by atoms with Crippen LogP contribution in [-0.4, -0.2) is 45.2 Å². The molecule has 0 heterocycles. The Kier molecular flexibility index (Phi) is 10.4. The fraction of sp³-hybridized carbons (Fsp3) is 0.381. The van der Waals surface area contributed by atoms with E-state index in [1.165, 1.54) is 5.56 Å². The number of halogens is 2. The number of amides is 1. The molecule has 0 atom stereocenters. The van der Waals surface area contributed by atoms with Crippen molar-refractivity contribution >= 4 is 39.9 Å². The number of aryl methyl sites for hydroxylation is 1. The number of hydrogen-bond acceptors (Lipinski definition) is 4. The van der Waals surface area contributed by atoms with Crippen LogP contribution in [0.4, 0.5) is 5.69 Å². The molecule has 28 heavy (non-hydrogen) atoms. The van der Waals surface area contributed by atoms with Crippen LogP contribution in [0.15, 0.2) is 40.9 Å². The molecule has 5 nitrogen and oxygen atoms in total. The standard InChI is InChI=1S/C21H27BrN2O3.ClH/c1-15-13-17(6-7-18(15)22)23-21(25)10-12-24(2)11-9-16-5-8-19(26-3)20(14-16)27-4;/h5-8,13-14H,9-12H2,1-4H3,(H,23,25);1H. The number of carbonyl (C=O) groups is 1. The van der Waals surface area contributed by atoms with E-state index in [0.717, 1.165) is 40.2 Å². The molecular formula is C21H28BrClN2O3. The van der Waals surface area contributed by atoms with E-state index in [1.54, 1.807) is 14.2 Å². The van der Waals surface area contributed by atoms with Crippen molar-refractivity contribution in [3.8, 4) is 11.5 Å². The van der Waals surface area contributed by atoms with Gasteiger partial charge in [-0.15, -0.1) is 12.4 Å². The molecule has 0 radical (unpaired) electrons. The largest absolute Gasteiger partial charge is 0.493 e. The van der Waals surface area contributed by atoms with Crippen LogP contribution in [0.2, 0.25) is 0 Å². The molecule has 7 heteroatoms. The molecule has 0 aromatic heterocycles. The number of rotatable bonds is 9. The molecule has 154 valence electrons. The van der Waals surface area contributed by atoms with Gasteiger partial charge < -0.3 is 19.7 Å². The van der Waals surface area contributed by atoms with Gasteiger partial charge in [-0.2, -0.15) is 0 Å². The number of methoxy groups -OCH3 is 2. The lowest BCUT2D eigenvalue weighted by atomic mass is 10.1. The van der Waals surface area contributed by atoms with Gasteiger partial charge in [-0.25, -0.2) is 0 Å². The summed E-state index contributed by atoms with van der Waals surface area (Å²) >= 11 is 3.46. The minimum Gasteiger partial charge on any atom is -0.493 e. The maximum atomic E-state index is 12.2. The second-order valence-electron chi connectivity index (χ2n) is 6.50. The summed E-state index contributed by atoms with van der Waals surface area (Å²) in [7, 11) is 5.29. The third kappa shape index (κ3) is 7.34. The zero-order valence-corrected chi connectivity index (χ0v) is 19.2. The lowest BCUT2D eigenvalue weighted by Gasteiger charge is -2.17. The van der Waals surface area contributed by atoms with E-state index < -0.39 is 0 Å². The van der Waals surface area contributed by atoms with Crippen LogP contribution in [0.3, 0.4) is 0 Å². The molecule has 0 aliphatic heterocycles. The normalized spacial score (nSPS) is 10.4. The molecule has 2 rings (SSSR count). The highest BCUT2D eigenvalue weighted by atomic mass is 79.9. The summed E-state index contributed by atoms with van der Waals surface area (Å²) in [6, 6.07) is 11.8. The number of likely N-dealkylation sites (N-methyl/N-ethyl adjacent to an activating group) is 1. The summed E-state index contributed by atoms with van der Waals surface area (Å²) in [5, 5.41) is 2.95. The summed E-state index contributed by atoms with van der Waals surface area (Å²) in [5.41, 5.74) is 3.10. The van der Waals surface area contributed by atoms with E-state index in [1.807, 2.05) is 50.4 Å². The van der Waals surface area contributed by atoms with Crippen molar-refractivity contribution in [1.82, 2.24) is 4.90 Å². The van der Waals surface area contributed by atoms with E-state index in [4.69, 9.17) is 9.47 Å². The molecule has 0 aliphatic carbocycles. The summed E-state index contributed by atoms with van der Waals surface area (Å²) in [5.74, 6) is 1.49. The van der Waals surface area contributed by atoms with Crippen LogP contribution in [-0.2, 0) is 11.2 Å². The van der Waals surface area contributed by atoms with Gasteiger partial charge >= 0.3 is 0 Å². The highest BCUT2D eigenvalue weighted by molar-refractivity contribution is 9.10. The molecule has 0 fully saturated rings. The van der Waals surface area contributed by atoms with Crippen molar-refractivity contribution < 1.29 is 14.3 Å². The lowest BCUT2D eigenvalue weighted by Crippen LogP contribution is -2.26. The van der Waals surface area contributed by atoms with E-state index in [-0.39, 0.29) is 18.3 Å². The molecule has 0 unspecified atom stereocenters. The van der Waals surface area contributed by atoms with Crippen LogP contribution in [0.1, 0.15) is 17.5 Å². The molecule has 0 saturated carbocycles. The van der Waals surface area contributed by atoms with Crippen molar-refractivity contribution in [2.45, 2.75) is 19.8 Å². The van der Waals surface area contributed by atoms with Gasteiger partial charge in [0.1, 0.15) is 0 Å². The average molecular weight is 472 g/mol. The predicted molar refractivity (Wildman–Crippen MR) is 120 cm³/mol. The second-order valence-corrected chi connectivity index (χ2v) is 7.36. The van der Waals surface area contributed by atoms with Crippen molar-refractivity contribution in [2.24, 2.45) is 0 Å². The molecular weight excluding hydrogens is 444 g/mol. The van der Waals surface area contributed by atoms with E-state index in [2.05, 4.69) is 26.1 Å². The van der Waals surface area contributed by atoms with Crippen LogP contribution >= 0.6 is 28.3 Å². The highest BCUT2D eigenvalue weighted by Crippen LogP contribution is 2.27. The quantitative estimate of drug-likeness (QED) is 0.576. The Balaban J connectivity index is 0.00000392. The van der Waals surface area contributed by atoms with Gasteiger partial charge in [0.05, 0.1) is 14.2 Å². The van der Waals surface area contributed by atoms with E-state index in [0.29, 0.717) is 13.0 Å². The maximum absolute atomic E-state index is 12.2. The Bertz CT molecular complexity index is 786. The Morgan fingerprint density at radius 3 is 2.43 bits per heavy atom. The third-order valence-electron chi connectivity index (χ3n) is 4.39. The van der Waals surface area contributed by atoms with E-state index in [9.17, 15) is 4.79 Å². The Labute approximate surface area is 181 Å². The molecule has 1 N–H and O–H groups in total.